The zero-order chi connectivity index (χ0) is 15.4. The summed E-state index contributed by atoms with van der Waals surface area (Å²) in [5.41, 5.74) is 1.03. The molecule has 1 aromatic carbocycles. The number of aromatic nitrogens is 1. The Labute approximate surface area is 127 Å². The molecule has 2 aromatic rings. The van der Waals surface area contributed by atoms with Crippen LogP contribution in [0.5, 0.6) is 0 Å². The fraction of sp³-hybridized carbons (Fsp3) is 0.312. The Morgan fingerprint density at radius 2 is 2.09 bits per heavy atom. The number of amides is 2. The molecule has 114 valence electrons. The monoisotopic (exact) mass is 299 g/mol. The zero-order valence-corrected chi connectivity index (χ0v) is 12.0. The van der Waals surface area contributed by atoms with E-state index < -0.39 is 11.9 Å². The van der Waals surface area contributed by atoms with Gasteiger partial charge in [0.25, 0.3) is 5.91 Å². The first-order valence-corrected chi connectivity index (χ1v) is 7.35. The summed E-state index contributed by atoms with van der Waals surface area (Å²) in [4.78, 5) is 24.0. The lowest BCUT2D eigenvalue weighted by Gasteiger charge is -2.13. The highest BCUT2D eigenvalue weighted by Gasteiger charge is 2.24. The molecule has 1 aromatic heterocycles. The Morgan fingerprint density at radius 3 is 2.91 bits per heavy atom. The fourth-order valence-corrected chi connectivity index (χ4v) is 2.43. The SMILES string of the molecule is O=C(NC1CCCCNC1=O)c1cc(-c2ccccc2)on1. The largest absolute Gasteiger partial charge is 0.355 e. The molecule has 0 saturated carbocycles. The second kappa shape index (κ2) is 6.43. The number of nitrogens with one attached hydrogen (secondary N) is 2. The Kier molecular flexibility index (Phi) is 4.18. The van der Waals surface area contributed by atoms with Gasteiger partial charge in [-0.3, -0.25) is 9.59 Å². The molecule has 6 nitrogen and oxygen atoms in total. The first-order valence-electron chi connectivity index (χ1n) is 7.35. The topological polar surface area (TPSA) is 84.2 Å². The van der Waals surface area contributed by atoms with Gasteiger partial charge in [0.05, 0.1) is 0 Å². The first kappa shape index (κ1) is 14.3. The van der Waals surface area contributed by atoms with Crippen molar-refractivity contribution in [2.24, 2.45) is 0 Å². The van der Waals surface area contributed by atoms with Crippen molar-refractivity contribution in [3.05, 3.63) is 42.1 Å². The van der Waals surface area contributed by atoms with Crippen LogP contribution in [-0.4, -0.2) is 29.6 Å². The van der Waals surface area contributed by atoms with Crippen LogP contribution in [-0.2, 0) is 4.79 Å². The molecule has 1 unspecified atom stereocenters. The third kappa shape index (κ3) is 3.16. The van der Waals surface area contributed by atoms with E-state index in [0.717, 1.165) is 18.4 Å². The van der Waals surface area contributed by atoms with Gasteiger partial charge in [-0.15, -0.1) is 0 Å². The van der Waals surface area contributed by atoms with Crippen molar-refractivity contribution in [1.29, 1.82) is 0 Å². The van der Waals surface area contributed by atoms with Crippen LogP contribution in [0.4, 0.5) is 0 Å². The van der Waals surface area contributed by atoms with E-state index >= 15 is 0 Å². The van der Waals surface area contributed by atoms with E-state index in [4.69, 9.17) is 4.52 Å². The Balaban J connectivity index is 1.70. The summed E-state index contributed by atoms with van der Waals surface area (Å²) in [5, 5.41) is 9.29. The van der Waals surface area contributed by atoms with Crippen LogP contribution in [0.15, 0.2) is 40.9 Å². The van der Waals surface area contributed by atoms with E-state index in [0.29, 0.717) is 18.7 Å². The smallest absolute Gasteiger partial charge is 0.274 e. The fourth-order valence-electron chi connectivity index (χ4n) is 2.43. The maximum Gasteiger partial charge on any atom is 0.274 e. The van der Waals surface area contributed by atoms with Crippen LogP contribution < -0.4 is 10.6 Å². The molecular weight excluding hydrogens is 282 g/mol. The van der Waals surface area contributed by atoms with E-state index in [2.05, 4.69) is 15.8 Å². The second-order valence-electron chi connectivity index (χ2n) is 5.26. The van der Waals surface area contributed by atoms with Crippen molar-refractivity contribution < 1.29 is 14.1 Å². The van der Waals surface area contributed by atoms with E-state index in [1.54, 1.807) is 6.07 Å². The summed E-state index contributed by atoms with van der Waals surface area (Å²) in [7, 11) is 0. The number of nitrogens with zero attached hydrogens (tertiary/aromatic N) is 1. The van der Waals surface area contributed by atoms with Gasteiger partial charge in [-0.05, 0) is 19.3 Å². The second-order valence-corrected chi connectivity index (χ2v) is 5.26. The maximum atomic E-state index is 12.2. The van der Waals surface area contributed by atoms with Gasteiger partial charge in [-0.2, -0.15) is 0 Å². The highest BCUT2D eigenvalue weighted by atomic mass is 16.5. The van der Waals surface area contributed by atoms with E-state index in [1.165, 1.54) is 0 Å². The molecule has 0 aliphatic carbocycles. The van der Waals surface area contributed by atoms with Crippen LogP contribution in [0.2, 0.25) is 0 Å². The number of hydrogen-bond acceptors (Lipinski definition) is 4. The van der Waals surface area contributed by atoms with Crippen molar-refractivity contribution in [3.63, 3.8) is 0 Å². The molecule has 1 atom stereocenters. The molecular formula is C16H17N3O3. The predicted octanol–water partition coefficient (Wildman–Crippen LogP) is 1.74. The van der Waals surface area contributed by atoms with Crippen LogP contribution in [0.3, 0.4) is 0 Å². The zero-order valence-electron chi connectivity index (χ0n) is 12.0. The van der Waals surface area contributed by atoms with E-state index in [-0.39, 0.29) is 11.6 Å². The molecule has 0 bridgehead atoms. The third-order valence-electron chi connectivity index (χ3n) is 3.64. The average molecular weight is 299 g/mol. The van der Waals surface area contributed by atoms with Crippen molar-refractivity contribution in [1.82, 2.24) is 15.8 Å². The van der Waals surface area contributed by atoms with Crippen LogP contribution in [0.1, 0.15) is 29.8 Å². The van der Waals surface area contributed by atoms with Gasteiger partial charge in [0.15, 0.2) is 11.5 Å². The number of carbonyl (C=O) groups is 2. The predicted molar refractivity (Wildman–Crippen MR) is 80.1 cm³/mol. The molecule has 2 heterocycles. The molecule has 1 aliphatic rings. The molecule has 22 heavy (non-hydrogen) atoms. The minimum Gasteiger partial charge on any atom is -0.355 e. The highest BCUT2D eigenvalue weighted by Crippen LogP contribution is 2.19. The molecule has 3 rings (SSSR count). The minimum atomic E-state index is -0.508. The normalized spacial score (nSPS) is 18.4. The Morgan fingerprint density at radius 1 is 1.27 bits per heavy atom. The molecule has 1 fully saturated rings. The molecule has 0 spiro atoms. The van der Waals surface area contributed by atoms with Gasteiger partial charge in [-0.1, -0.05) is 35.5 Å². The number of hydrogen-bond donors (Lipinski definition) is 2. The lowest BCUT2D eigenvalue weighted by molar-refractivity contribution is -0.122. The summed E-state index contributed by atoms with van der Waals surface area (Å²) in [6.07, 6.45) is 2.47. The number of carbonyl (C=O) groups excluding carboxylic acids is 2. The van der Waals surface area contributed by atoms with Crippen molar-refractivity contribution in [3.8, 4) is 11.3 Å². The summed E-state index contributed by atoms with van der Waals surface area (Å²) >= 11 is 0. The number of rotatable bonds is 3. The van der Waals surface area contributed by atoms with Gasteiger partial charge in [-0.25, -0.2) is 0 Å². The summed E-state index contributed by atoms with van der Waals surface area (Å²) < 4.78 is 5.20. The molecule has 0 radical (unpaired) electrons. The maximum absolute atomic E-state index is 12.2. The van der Waals surface area contributed by atoms with Gasteiger partial charge < -0.3 is 15.2 Å². The standard InChI is InChI=1S/C16H17N3O3/c20-15-12(8-4-5-9-17-15)18-16(21)13-10-14(22-19-13)11-6-2-1-3-7-11/h1-3,6-7,10,12H,4-5,8-9H2,(H,17,20)(H,18,21). The molecule has 2 amide bonds. The quantitative estimate of drug-likeness (QED) is 0.904. The first-order chi connectivity index (χ1) is 10.7. The van der Waals surface area contributed by atoms with E-state index in [9.17, 15) is 9.59 Å². The van der Waals surface area contributed by atoms with Crippen LogP contribution in [0.25, 0.3) is 11.3 Å². The molecule has 2 N–H and O–H groups in total. The number of benzene rings is 1. The third-order valence-corrected chi connectivity index (χ3v) is 3.64. The van der Waals surface area contributed by atoms with Crippen LogP contribution >= 0.6 is 0 Å². The molecule has 1 saturated heterocycles. The van der Waals surface area contributed by atoms with Gasteiger partial charge in [0.2, 0.25) is 5.91 Å². The average Bonchev–Trinajstić information content (AvgIpc) is 2.96. The Hall–Kier alpha value is -2.63. The van der Waals surface area contributed by atoms with Crippen molar-refractivity contribution in [2.75, 3.05) is 6.54 Å². The van der Waals surface area contributed by atoms with Gasteiger partial charge in [0, 0.05) is 18.2 Å². The Bertz CT molecular complexity index is 666. The minimum absolute atomic E-state index is 0.141. The highest BCUT2D eigenvalue weighted by molar-refractivity contribution is 5.96. The van der Waals surface area contributed by atoms with E-state index in [1.807, 2.05) is 30.3 Å². The van der Waals surface area contributed by atoms with Gasteiger partial charge in [0.1, 0.15) is 6.04 Å². The molecule has 6 heteroatoms. The van der Waals surface area contributed by atoms with Gasteiger partial charge >= 0.3 is 0 Å². The molecule has 1 aliphatic heterocycles. The summed E-state index contributed by atoms with van der Waals surface area (Å²) in [6, 6.07) is 10.5. The summed E-state index contributed by atoms with van der Waals surface area (Å²) in [6.45, 7) is 0.660. The van der Waals surface area contributed by atoms with Crippen LogP contribution in [0, 0.1) is 0 Å². The lowest BCUT2D eigenvalue weighted by atomic mass is 10.1. The summed E-state index contributed by atoms with van der Waals surface area (Å²) in [5.74, 6) is -0.0123. The lowest BCUT2D eigenvalue weighted by Crippen LogP contribution is -2.45. The van der Waals surface area contributed by atoms with Crippen molar-refractivity contribution in [2.45, 2.75) is 25.3 Å². The van der Waals surface area contributed by atoms with Crippen molar-refractivity contribution >= 4 is 11.8 Å².